The van der Waals surface area contributed by atoms with E-state index < -0.39 is 0 Å². The topological polar surface area (TPSA) is 96.3 Å². The van der Waals surface area contributed by atoms with Crippen molar-refractivity contribution >= 4 is 11.9 Å². The van der Waals surface area contributed by atoms with Gasteiger partial charge in [-0.15, -0.1) is 0 Å². The Morgan fingerprint density at radius 3 is 2.60 bits per heavy atom. The second-order valence-electron chi connectivity index (χ2n) is 7.81. The molecule has 3 rings (SSSR count). The van der Waals surface area contributed by atoms with Crippen molar-refractivity contribution < 1.29 is 14.0 Å². The van der Waals surface area contributed by atoms with Crippen molar-refractivity contribution in [2.75, 3.05) is 6.54 Å². The SMILES string of the molecule is O=C(CCCCCNC(=O)NC1CCCCC1)NCc1ncc(-c2ccccc2)o1. The quantitative estimate of drug-likeness (QED) is 0.511. The van der Waals surface area contributed by atoms with E-state index in [2.05, 4.69) is 20.9 Å². The molecule has 3 amide bonds. The number of carbonyl (C=O) groups excluding carboxylic acids is 2. The number of unbranched alkanes of at least 4 members (excludes halogenated alkanes) is 2. The van der Waals surface area contributed by atoms with Gasteiger partial charge in [-0.05, 0) is 25.7 Å². The lowest BCUT2D eigenvalue weighted by Gasteiger charge is -2.22. The summed E-state index contributed by atoms with van der Waals surface area (Å²) in [6.45, 7) is 0.924. The summed E-state index contributed by atoms with van der Waals surface area (Å²) in [4.78, 5) is 28.1. The van der Waals surface area contributed by atoms with Crippen molar-refractivity contribution in [1.29, 1.82) is 0 Å². The largest absolute Gasteiger partial charge is 0.439 e. The maximum atomic E-state index is 12.0. The van der Waals surface area contributed by atoms with Crippen LogP contribution in [0, 0.1) is 0 Å². The second-order valence-corrected chi connectivity index (χ2v) is 7.81. The maximum Gasteiger partial charge on any atom is 0.315 e. The summed E-state index contributed by atoms with van der Waals surface area (Å²) in [5.41, 5.74) is 0.962. The van der Waals surface area contributed by atoms with E-state index in [1.165, 1.54) is 19.3 Å². The third-order valence-electron chi connectivity index (χ3n) is 5.36. The molecule has 2 aromatic rings. The highest BCUT2D eigenvalue weighted by molar-refractivity contribution is 5.75. The lowest BCUT2D eigenvalue weighted by molar-refractivity contribution is -0.121. The number of urea groups is 1. The van der Waals surface area contributed by atoms with Gasteiger partial charge in [0.25, 0.3) is 0 Å². The molecule has 0 saturated heterocycles. The molecular formula is C23H32N4O3. The van der Waals surface area contributed by atoms with Crippen LogP contribution in [0.5, 0.6) is 0 Å². The predicted octanol–water partition coefficient (Wildman–Crippen LogP) is 4.15. The van der Waals surface area contributed by atoms with E-state index in [1.807, 2.05) is 30.3 Å². The van der Waals surface area contributed by atoms with E-state index >= 15 is 0 Å². The Kier molecular flexibility index (Phi) is 8.75. The first-order valence-corrected chi connectivity index (χ1v) is 11.0. The third kappa shape index (κ3) is 7.54. The molecule has 0 bridgehead atoms. The molecule has 1 fully saturated rings. The van der Waals surface area contributed by atoms with Crippen LogP contribution in [-0.4, -0.2) is 29.5 Å². The number of aromatic nitrogens is 1. The molecule has 0 unspecified atom stereocenters. The van der Waals surface area contributed by atoms with E-state index in [1.54, 1.807) is 6.20 Å². The zero-order chi connectivity index (χ0) is 21.0. The van der Waals surface area contributed by atoms with Crippen LogP contribution in [0.25, 0.3) is 11.3 Å². The minimum absolute atomic E-state index is 0.0162. The van der Waals surface area contributed by atoms with Crippen LogP contribution in [0.4, 0.5) is 4.79 Å². The molecule has 0 spiro atoms. The molecule has 7 nitrogen and oxygen atoms in total. The van der Waals surface area contributed by atoms with E-state index in [9.17, 15) is 9.59 Å². The molecule has 1 heterocycles. The molecule has 3 N–H and O–H groups in total. The summed E-state index contributed by atoms with van der Waals surface area (Å²) in [5, 5.41) is 8.80. The Hall–Kier alpha value is -2.83. The van der Waals surface area contributed by atoms with Crippen LogP contribution in [0.15, 0.2) is 40.9 Å². The molecule has 30 heavy (non-hydrogen) atoms. The number of nitrogens with zero attached hydrogens (tertiary/aromatic N) is 1. The molecule has 1 aromatic carbocycles. The highest BCUT2D eigenvalue weighted by Crippen LogP contribution is 2.19. The van der Waals surface area contributed by atoms with Crippen LogP contribution in [0.1, 0.15) is 63.7 Å². The van der Waals surface area contributed by atoms with Gasteiger partial charge < -0.3 is 20.4 Å². The monoisotopic (exact) mass is 412 g/mol. The molecule has 1 aromatic heterocycles. The van der Waals surface area contributed by atoms with Crippen molar-refractivity contribution in [3.05, 3.63) is 42.4 Å². The average Bonchev–Trinajstić information content (AvgIpc) is 3.25. The number of amides is 3. The Bertz CT molecular complexity index is 785. The highest BCUT2D eigenvalue weighted by Gasteiger charge is 2.15. The van der Waals surface area contributed by atoms with Gasteiger partial charge in [0.2, 0.25) is 11.8 Å². The maximum absolute atomic E-state index is 12.0. The summed E-state index contributed by atoms with van der Waals surface area (Å²) >= 11 is 0. The number of oxazole rings is 1. The van der Waals surface area contributed by atoms with Gasteiger partial charge in [-0.1, -0.05) is 56.0 Å². The molecule has 1 aliphatic carbocycles. The van der Waals surface area contributed by atoms with Gasteiger partial charge in [-0.25, -0.2) is 9.78 Å². The van der Waals surface area contributed by atoms with Crippen molar-refractivity contribution in [2.24, 2.45) is 0 Å². The Labute approximate surface area is 178 Å². The summed E-state index contributed by atoms with van der Waals surface area (Å²) in [5.74, 6) is 1.17. The third-order valence-corrected chi connectivity index (χ3v) is 5.36. The van der Waals surface area contributed by atoms with Crippen molar-refractivity contribution in [1.82, 2.24) is 20.9 Å². The van der Waals surface area contributed by atoms with Crippen LogP contribution in [0.2, 0.25) is 0 Å². The zero-order valence-corrected chi connectivity index (χ0v) is 17.5. The fraction of sp³-hybridized carbons (Fsp3) is 0.522. The fourth-order valence-corrected chi connectivity index (χ4v) is 3.66. The van der Waals surface area contributed by atoms with Gasteiger partial charge in [-0.2, -0.15) is 0 Å². The van der Waals surface area contributed by atoms with E-state index in [0.29, 0.717) is 30.7 Å². The average molecular weight is 413 g/mol. The lowest BCUT2D eigenvalue weighted by atomic mass is 9.96. The number of benzene rings is 1. The summed E-state index contributed by atoms with van der Waals surface area (Å²) in [6.07, 6.45) is 10.6. The van der Waals surface area contributed by atoms with Gasteiger partial charge in [0, 0.05) is 24.6 Å². The summed E-state index contributed by atoms with van der Waals surface area (Å²) in [7, 11) is 0. The number of hydrogen-bond donors (Lipinski definition) is 3. The molecule has 162 valence electrons. The fourth-order valence-electron chi connectivity index (χ4n) is 3.66. The first-order valence-electron chi connectivity index (χ1n) is 11.0. The first kappa shape index (κ1) is 21.9. The Morgan fingerprint density at radius 2 is 1.80 bits per heavy atom. The second kappa shape index (κ2) is 12.0. The van der Waals surface area contributed by atoms with Crippen LogP contribution >= 0.6 is 0 Å². The molecule has 0 atom stereocenters. The van der Waals surface area contributed by atoms with E-state index in [0.717, 1.165) is 37.7 Å². The number of rotatable bonds is 10. The van der Waals surface area contributed by atoms with Crippen LogP contribution < -0.4 is 16.0 Å². The van der Waals surface area contributed by atoms with Gasteiger partial charge in [0.05, 0.1) is 12.7 Å². The predicted molar refractivity (Wildman–Crippen MR) is 116 cm³/mol. The lowest BCUT2D eigenvalue weighted by Crippen LogP contribution is -2.43. The normalized spacial score (nSPS) is 14.3. The van der Waals surface area contributed by atoms with Gasteiger partial charge >= 0.3 is 6.03 Å². The smallest absolute Gasteiger partial charge is 0.315 e. The summed E-state index contributed by atoms with van der Waals surface area (Å²) < 4.78 is 5.68. The number of carbonyl (C=O) groups is 2. The van der Waals surface area contributed by atoms with E-state index in [-0.39, 0.29) is 18.5 Å². The van der Waals surface area contributed by atoms with Crippen molar-refractivity contribution in [3.8, 4) is 11.3 Å². The molecule has 7 heteroatoms. The molecule has 1 aliphatic rings. The zero-order valence-electron chi connectivity index (χ0n) is 17.5. The minimum atomic E-state index is -0.0690. The van der Waals surface area contributed by atoms with Crippen LogP contribution in [-0.2, 0) is 11.3 Å². The van der Waals surface area contributed by atoms with Crippen LogP contribution in [0.3, 0.4) is 0 Å². The minimum Gasteiger partial charge on any atom is -0.439 e. The van der Waals surface area contributed by atoms with Gasteiger partial charge in [0.15, 0.2) is 5.76 Å². The highest BCUT2D eigenvalue weighted by atomic mass is 16.4. The standard InChI is InChI=1S/C23H32N4O3/c28-21(25-17-22-26-16-20(30-22)18-10-4-1-5-11-18)14-8-3-9-15-24-23(29)27-19-12-6-2-7-13-19/h1,4-5,10-11,16,19H,2-3,6-9,12-15,17H2,(H,25,28)(H2,24,27,29). The van der Waals surface area contributed by atoms with Crippen molar-refractivity contribution in [3.63, 3.8) is 0 Å². The molecule has 1 saturated carbocycles. The van der Waals surface area contributed by atoms with Gasteiger partial charge in [0.1, 0.15) is 0 Å². The number of hydrogen-bond acceptors (Lipinski definition) is 4. The Morgan fingerprint density at radius 1 is 1.00 bits per heavy atom. The van der Waals surface area contributed by atoms with Crippen molar-refractivity contribution in [2.45, 2.75) is 70.4 Å². The molecule has 0 aliphatic heterocycles. The molecular weight excluding hydrogens is 380 g/mol. The van der Waals surface area contributed by atoms with Gasteiger partial charge in [-0.3, -0.25) is 4.79 Å². The molecule has 0 radical (unpaired) electrons. The number of nitrogens with one attached hydrogen (secondary N) is 3. The summed E-state index contributed by atoms with van der Waals surface area (Å²) in [6, 6.07) is 10.0. The Balaban J connectivity index is 1.22. The first-order chi connectivity index (χ1) is 14.7. The van der Waals surface area contributed by atoms with E-state index in [4.69, 9.17) is 4.42 Å².